The molecule has 1 fully saturated rings. The Morgan fingerprint density at radius 1 is 0.932 bits per heavy atom. The monoisotopic (exact) mass is 601 g/mol. The van der Waals surface area contributed by atoms with E-state index in [-0.39, 0.29) is 43.8 Å². The molecule has 1 aliphatic heterocycles. The Kier molecular flexibility index (Phi) is 11.1. The second kappa shape index (κ2) is 15.3. The zero-order valence-electron chi connectivity index (χ0n) is 24.6. The van der Waals surface area contributed by atoms with Gasteiger partial charge in [-0.1, -0.05) is 73.7 Å². The highest BCUT2D eigenvalue weighted by Gasteiger charge is 2.34. The fraction of sp³-hybridized carbons (Fsp3) is 0.303. The van der Waals surface area contributed by atoms with Crippen molar-refractivity contribution < 1.29 is 38.1 Å². The van der Waals surface area contributed by atoms with Gasteiger partial charge in [0, 0.05) is 18.9 Å². The smallest absolute Gasteiger partial charge is 0.435 e. The van der Waals surface area contributed by atoms with E-state index in [4.69, 9.17) is 24.7 Å². The maximum absolute atomic E-state index is 12.3. The van der Waals surface area contributed by atoms with Crippen molar-refractivity contribution in [3.05, 3.63) is 90.0 Å². The van der Waals surface area contributed by atoms with Crippen LogP contribution in [0.1, 0.15) is 44.2 Å². The van der Waals surface area contributed by atoms with Crippen LogP contribution in [0.2, 0.25) is 0 Å². The van der Waals surface area contributed by atoms with Crippen LogP contribution in [0.4, 0.5) is 4.79 Å². The van der Waals surface area contributed by atoms with E-state index >= 15 is 0 Å². The largest absolute Gasteiger partial charge is 0.491 e. The number of nitrogens with one attached hydrogen (secondary N) is 1. The lowest BCUT2D eigenvalue weighted by Crippen LogP contribution is -2.31. The Morgan fingerprint density at radius 3 is 2.23 bits per heavy atom. The molecule has 11 nitrogen and oxygen atoms in total. The van der Waals surface area contributed by atoms with Gasteiger partial charge in [0.1, 0.15) is 24.8 Å². The predicted octanol–water partition coefficient (Wildman–Crippen LogP) is 4.51. The summed E-state index contributed by atoms with van der Waals surface area (Å²) in [6.45, 7) is 3.45. The number of esters is 2. The van der Waals surface area contributed by atoms with Gasteiger partial charge in [-0.25, -0.2) is 4.79 Å². The van der Waals surface area contributed by atoms with E-state index in [1.807, 2.05) is 66.7 Å². The van der Waals surface area contributed by atoms with Gasteiger partial charge in [0.25, 0.3) is 0 Å². The van der Waals surface area contributed by atoms with E-state index in [0.29, 0.717) is 17.7 Å². The van der Waals surface area contributed by atoms with Crippen LogP contribution in [-0.4, -0.2) is 48.7 Å². The lowest BCUT2D eigenvalue weighted by molar-refractivity contribution is -0.185. The molecular formula is C33H35N3O8. The van der Waals surface area contributed by atoms with E-state index in [1.54, 1.807) is 19.1 Å². The number of nitrogens with zero attached hydrogens (tertiary/aromatic N) is 1. The van der Waals surface area contributed by atoms with Crippen molar-refractivity contribution in [1.82, 2.24) is 5.32 Å². The van der Waals surface area contributed by atoms with Gasteiger partial charge in [-0.15, -0.1) is 0 Å². The maximum atomic E-state index is 12.3. The SMILES string of the molecule is CCC(=O)OC(C)OC(=O)C[C@@H]1C[C@@H](COc2ccc(-c3ccc(C(N)=NC(=O)OCc4ccccc4)cc3)cc2)NC1=O. The number of amidine groups is 1. The fourth-order valence-corrected chi connectivity index (χ4v) is 4.53. The van der Waals surface area contributed by atoms with Crippen molar-refractivity contribution in [3.8, 4) is 16.9 Å². The Balaban J connectivity index is 1.22. The highest BCUT2D eigenvalue weighted by molar-refractivity contribution is 6.03. The Morgan fingerprint density at radius 2 is 1.57 bits per heavy atom. The number of benzene rings is 3. The molecule has 2 amide bonds. The molecule has 1 heterocycles. The predicted molar refractivity (Wildman–Crippen MR) is 161 cm³/mol. The molecule has 0 aromatic heterocycles. The third kappa shape index (κ3) is 9.41. The van der Waals surface area contributed by atoms with Gasteiger partial charge in [0.2, 0.25) is 12.2 Å². The van der Waals surface area contributed by atoms with Gasteiger partial charge in [-0.3, -0.25) is 14.4 Å². The number of aliphatic imine (C=N–C) groups is 1. The fourth-order valence-electron chi connectivity index (χ4n) is 4.53. The quantitative estimate of drug-likeness (QED) is 0.132. The summed E-state index contributed by atoms with van der Waals surface area (Å²) >= 11 is 0. The number of amides is 2. The van der Waals surface area contributed by atoms with E-state index in [2.05, 4.69) is 10.3 Å². The lowest BCUT2D eigenvalue weighted by Gasteiger charge is -2.15. The molecule has 0 aliphatic carbocycles. The molecule has 3 aromatic carbocycles. The maximum Gasteiger partial charge on any atom is 0.435 e. The molecule has 11 heteroatoms. The first kappa shape index (κ1) is 31.7. The van der Waals surface area contributed by atoms with Crippen LogP contribution in [-0.2, 0) is 35.2 Å². The van der Waals surface area contributed by atoms with E-state index in [0.717, 1.165) is 16.7 Å². The minimum atomic E-state index is -1.01. The van der Waals surface area contributed by atoms with Crippen LogP contribution in [0, 0.1) is 5.92 Å². The summed E-state index contributed by atoms with van der Waals surface area (Å²) in [7, 11) is 0. The Labute approximate surface area is 255 Å². The molecule has 0 saturated carbocycles. The summed E-state index contributed by atoms with van der Waals surface area (Å²) < 4.78 is 21.0. The third-order valence-corrected chi connectivity index (χ3v) is 6.82. The standard InChI is InChI=1S/C33H35N3O8/c1-3-29(37)43-21(2)44-30(38)18-26-17-27(35-32(26)39)20-41-28-15-13-24(14-16-28)23-9-11-25(12-10-23)31(34)36-33(40)42-19-22-7-5-4-6-8-22/h4-16,21,26-27H,3,17-20H2,1-2H3,(H,35,39)(H2,34,36,40)/t21?,26-,27-/m0/s1. The van der Waals surface area contributed by atoms with Gasteiger partial charge < -0.3 is 30.0 Å². The molecule has 0 spiro atoms. The molecule has 0 radical (unpaired) electrons. The first-order chi connectivity index (χ1) is 21.2. The number of rotatable bonds is 12. The summed E-state index contributed by atoms with van der Waals surface area (Å²) in [5.74, 6) is -1.19. The van der Waals surface area contributed by atoms with E-state index in [9.17, 15) is 19.2 Å². The minimum Gasteiger partial charge on any atom is -0.491 e. The third-order valence-electron chi connectivity index (χ3n) is 6.82. The summed E-state index contributed by atoms with van der Waals surface area (Å²) in [5.41, 5.74) is 9.31. The zero-order valence-corrected chi connectivity index (χ0v) is 24.6. The first-order valence-electron chi connectivity index (χ1n) is 14.3. The number of nitrogens with two attached hydrogens (primary N) is 1. The second-order valence-corrected chi connectivity index (χ2v) is 10.2. The van der Waals surface area contributed by atoms with Crippen LogP contribution in [0.3, 0.4) is 0 Å². The van der Waals surface area contributed by atoms with Crippen LogP contribution in [0.15, 0.2) is 83.9 Å². The van der Waals surface area contributed by atoms with Crippen molar-refractivity contribution >= 4 is 29.8 Å². The van der Waals surface area contributed by atoms with Crippen LogP contribution < -0.4 is 15.8 Å². The average Bonchev–Trinajstić information content (AvgIpc) is 3.37. The molecule has 230 valence electrons. The molecule has 3 N–H and O–H groups in total. The number of carbonyl (C=O) groups excluding carboxylic acids is 4. The normalized spacial score (nSPS) is 16.9. The van der Waals surface area contributed by atoms with Gasteiger partial charge >= 0.3 is 18.0 Å². The molecule has 1 aliphatic rings. The van der Waals surface area contributed by atoms with Gasteiger partial charge in [0.15, 0.2) is 0 Å². The van der Waals surface area contributed by atoms with Crippen molar-refractivity contribution in [2.45, 2.75) is 52.0 Å². The molecule has 44 heavy (non-hydrogen) atoms. The zero-order chi connectivity index (χ0) is 31.5. The average molecular weight is 602 g/mol. The lowest BCUT2D eigenvalue weighted by atomic mass is 10.0. The van der Waals surface area contributed by atoms with E-state index < -0.39 is 30.2 Å². The summed E-state index contributed by atoms with van der Waals surface area (Å²) in [6, 6.07) is 23.8. The van der Waals surface area contributed by atoms with E-state index in [1.165, 1.54) is 6.92 Å². The highest BCUT2D eigenvalue weighted by Crippen LogP contribution is 2.25. The van der Waals surface area contributed by atoms with Crippen molar-refractivity contribution in [2.75, 3.05) is 6.61 Å². The second-order valence-electron chi connectivity index (χ2n) is 10.2. The molecule has 1 saturated heterocycles. The summed E-state index contributed by atoms with van der Waals surface area (Å²) in [5, 5.41) is 2.85. The number of ether oxygens (including phenoxy) is 4. The number of carbonyl (C=O) groups is 4. The van der Waals surface area contributed by atoms with Crippen molar-refractivity contribution in [1.29, 1.82) is 0 Å². The molecule has 4 rings (SSSR count). The van der Waals surface area contributed by atoms with Gasteiger partial charge in [-0.2, -0.15) is 4.99 Å². The summed E-state index contributed by atoms with van der Waals surface area (Å²) in [4.78, 5) is 51.7. The van der Waals surface area contributed by atoms with Crippen LogP contribution in [0.5, 0.6) is 5.75 Å². The molecule has 3 aromatic rings. The van der Waals surface area contributed by atoms with Crippen LogP contribution >= 0.6 is 0 Å². The van der Waals surface area contributed by atoms with Crippen molar-refractivity contribution in [3.63, 3.8) is 0 Å². The number of hydrogen-bond donors (Lipinski definition) is 2. The molecular weight excluding hydrogens is 566 g/mol. The van der Waals surface area contributed by atoms with Crippen LogP contribution in [0.25, 0.3) is 11.1 Å². The Bertz CT molecular complexity index is 1470. The van der Waals surface area contributed by atoms with Gasteiger partial charge in [-0.05, 0) is 35.2 Å². The Hall–Kier alpha value is -5.19. The first-order valence-corrected chi connectivity index (χ1v) is 14.3. The van der Waals surface area contributed by atoms with Crippen molar-refractivity contribution in [2.24, 2.45) is 16.6 Å². The highest BCUT2D eigenvalue weighted by atomic mass is 16.7. The molecule has 1 unspecified atom stereocenters. The number of hydrogen-bond acceptors (Lipinski definition) is 8. The molecule has 3 atom stereocenters. The minimum absolute atomic E-state index is 0.0588. The summed E-state index contributed by atoms with van der Waals surface area (Å²) in [6.07, 6.45) is -1.29. The molecule has 0 bridgehead atoms. The topological polar surface area (TPSA) is 156 Å². The van der Waals surface area contributed by atoms with Gasteiger partial charge in [0.05, 0.1) is 18.4 Å².